The molecule has 0 saturated carbocycles. The smallest absolute Gasteiger partial charge is 0.329 e. The van der Waals surface area contributed by atoms with Crippen LogP contribution >= 0.6 is 22.9 Å². The van der Waals surface area contributed by atoms with Crippen LogP contribution in [0.1, 0.15) is 29.6 Å². The van der Waals surface area contributed by atoms with Gasteiger partial charge in [-0.3, -0.25) is 9.69 Å². The molecule has 1 saturated heterocycles. The first-order valence-corrected chi connectivity index (χ1v) is 9.32. The van der Waals surface area contributed by atoms with E-state index in [4.69, 9.17) is 21.4 Å². The highest BCUT2D eigenvalue weighted by molar-refractivity contribution is 7.20. The quantitative estimate of drug-likeness (QED) is 0.772. The minimum Gasteiger partial charge on any atom is -0.480 e. The molecule has 3 rings (SSSR count). The van der Waals surface area contributed by atoms with Gasteiger partial charge < -0.3 is 9.84 Å². The maximum atomic E-state index is 12.7. The third kappa shape index (κ3) is 4.17. The Morgan fingerprint density at radius 2 is 2.16 bits per heavy atom. The number of aromatic nitrogens is 1. The fourth-order valence-electron chi connectivity index (χ4n) is 3.02. The monoisotopic (exact) mass is 382 g/mol. The number of thiazole rings is 1. The number of piperidine rings is 1. The maximum absolute atomic E-state index is 12.7. The molecule has 1 fully saturated rings. The molecule has 2 aromatic rings. The van der Waals surface area contributed by atoms with Gasteiger partial charge in [-0.15, -0.1) is 11.3 Å². The van der Waals surface area contributed by atoms with Gasteiger partial charge in [0.05, 0.1) is 9.72 Å². The summed E-state index contributed by atoms with van der Waals surface area (Å²) >= 11 is 7.52. The minimum atomic E-state index is -0.980. The molecule has 0 amide bonds. The van der Waals surface area contributed by atoms with Gasteiger partial charge in [-0.1, -0.05) is 17.7 Å². The number of hydrogen-bond acceptors (Lipinski definition) is 6. The number of ketones is 1. The molecule has 0 spiro atoms. The van der Waals surface area contributed by atoms with Gasteiger partial charge in [0.25, 0.3) is 0 Å². The van der Waals surface area contributed by atoms with Gasteiger partial charge in [-0.2, -0.15) is 0 Å². The first-order valence-electron chi connectivity index (χ1n) is 8.12. The zero-order valence-corrected chi connectivity index (χ0v) is 15.3. The Balaban J connectivity index is 1.61. The van der Waals surface area contributed by atoms with Gasteiger partial charge in [-0.25, -0.2) is 9.78 Å². The normalized spacial score (nSPS) is 17.7. The van der Waals surface area contributed by atoms with E-state index < -0.39 is 5.97 Å². The number of hydrogen-bond donors (Lipinski definition) is 1. The standard InChI is InChI=1S/C17H19ClN2O4S/c1-10(24-9-14(21)22)20-7-5-11(6-8-20)16(23)17-19-15-12(18)3-2-4-13(15)25-17/h2-4,10-11H,5-9H2,1H3,(H,21,22). The molecule has 1 N–H and O–H groups in total. The highest BCUT2D eigenvalue weighted by Gasteiger charge is 2.30. The van der Waals surface area contributed by atoms with Crippen LogP contribution in [0.15, 0.2) is 18.2 Å². The number of Topliss-reactive ketones (excluding diaryl/α,β-unsaturated/α-hetero) is 1. The van der Waals surface area contributed by atoms with E-state index in [9.17, 15) is 9.59 Å². The molecule has 1 unspecified atom stereocenters. The van der Waals surface area contributed by atoms with Gasteiger partial charge in [0.1, 0.15) is 18.4 Å². The lowest BCUT2D eigenvalue weighted by atomic mass is 9.92. The molecule has 25 heavy (non-hydrogen) atoms. The number of carboxylic acid groups (broad SMARTS) is 1. The lowest BCUT2D eigenvalue weighted by Crippen LogP contribution is -2.43. The summed E-state index contributed by atoms with van der Waals surface area (Å²) in [5, 5.41) is 9.75. The summed E-state index contributed by atoms with van der Waals surface area (Å²) in [5.74, 6) is -0.982. The Labute approximate surface area is 154 Å². The molecular formula is C17H19ClN2O4S. The number of carbonyl (C=O) groups is 2. The summed E-state index contributed by atoms with van der Waals surface area (Å²) in [5.41, 5.74) is 0.686. The molecule has 2 heterocycles. The van der Waals surface area contributed by atoms with Crippen molar-refractivity contribution < 1.29 is 19.4 Å². The number of rotatable bonds is 6. The summed E-state index contributed by atoms with van der Waals surface area (Å²) in [6.07, 6.45) is 1.15. The van der Waals surface area contributed by atoms with Crippen LogP contribution in [0, 0.1) is 5.92 Å². The lowest BCUT2D eigenvalue weighted by molar-refractivity contribution is -0.149. The predicted octanol–water partition coefficient (Wildman–Crippen LogP) is 3.29. The zero-order valence-electron chi connectivity index (χ0n) is 13.8. The number of carboxylic acids is 1. The molecular weight excluding hydrogens is 364 g/mol. The molecule has 0 bridgehead atoms. The average molecular weight is 383 g/mol. The average Bonchev–Trinajstić information content (AvgIpc) is 3.05. The van der Waals surface area contributed by atoms with E-state index in [1.165, 1.54) is 11.3 Å². The Bertz CT molecular complexity index is 786. The van der Waals surface area contributed by atoms with Crippen LogP contribution < -0.4 is 0 Å². The van der Waals surface area contributed by atoms with E-state index in [2.05, 4.69) is 9.88 Å². The van der Waals surface area contributed by atoms with Crippen molar-refractivity contribution in [1.82, 2.24) is 9.88 Å². The summed E-state index contributed by atoms with van der Waals surface area (Å²) in [6, 6.07) is 5.54. The van der Waals surface area contributed by atoms with Crippen LogP contribution in [0.25, 0.3) is 10.2 Å². The number of para-hydroxylation sites is 1. The molecule has 1 aliphatic rings. The highest BCUT2D eigenvalue weighted by atomic mass is 35.5. The molecule has 8 heteroatoms. The fourth-order valence-corrected chi connectivity index (χ4v) is 4.30. The molecule has 1 aliphatic heterocycles. The Morgan fingerprint density at radius 1 is 1.44 bits per heavy atom. The third-order valence-electron chi connectivity index (χ3n) is 4.44. The van der Waals surface area contributed by atoms with E-state index in [0.717, 1.165) is 4.70 Å². The van der Waals surface area contributed by atoms with Gasteiger partial charge >= 0.3 is 5.97 Å². The largest absolute Gasteiger partial charge is 0.480 e. The molecule has 0 aliphatic carbocycles. The number of fused-ring (bicyclic) bond motifs is 1. The van der Waals surface area contributed by atoms with Crippen molar-refractivity contribution in [1.29, 1.82) is 0 Å². The zero-order chi connectivity index (χ0) is 18.0. The second kappa shape index (κ2) is 7.78. The second-order valence-corrected chi connectivity index (χ2v) is 7.52. The third-order valence-corrected chi connectivity index (χ3v) is 5.78. The lowest BCUT2D eigenvalue weighted by Gasteiger charge is -2.34. The molecule has 1 aromatic heterocycles. The SMILES string of the molecule is CC(OCC(=O)O)N1CCC(C(=O)c2nc3c(Cl)cccc3s2)CC1. The van der Waals surface area contributed by atoms with Gasteiger partial charge in [0.2, 0.25) is 0 Å². The van der Waals surface area contributed by atoms with Crippen LogP contribution in [-0.2, 0) is 9.53 Å². The number of carbonyl (C=O) groups excluding carboxylic acids is 1. The summed E-state index contributed by atoms with van der Waals surface area (Å²) < 4.78 is 6.21. The van der Waals surface area contributed by atoms with Crippen LogP contribution in [0.3, 0.4) is 0 Å². The van der Waals surface area contributed by atoms with Crippen LogP contribution in [0.2, 0.25) is 5.02 Å². The van der Waals surface area contributed by atoms with Crippen molar-refractivity contribution in [3.63, 3.8) is 0 Å². The van der Waals surface area contributed by atoms with E-state index in [-0.39, 0.29) is 24.5 Å². The molecule has 1 aromatic carbocycles. The number of halogens is 1. The van der Waals surface area contributed by atoms with Gasteiger partial charge in [-0.05, 0) is 31.9 Å². The number of aliphatic carboxylic acids is 1. The molecule has 134 valence electrons. The van der Waals surface area contributed by atoms with Crippen molar-refractivity contribution >= 4 is 44.9 Å². The van der Waals surface area contributed by atoms with Gasteiger partial charge in [0.15, 0.2) is 10.8 Å². The molecule has 1 atom stereocenters. The predicted molar refractivity (Wildman–Crippen MR) is 96.3 cm³/mol. The van der Waals surface area contributed by atoms with Crippen molar-refractivity contribution in [3.8, 4) is 0 Å². The molecule has 0 radical (unpaired) electrons. The summed E-state index contributed by atoms with van der Waals surface area (Å²) in [6.45, 7) is 2.92. The van der Waals surface area contributed by atoms with Crippen LogP contribution in [-0.4, -0.2) is 52.7 Å². The maximum Gasteiger partial charge on any atom is 0.329 e. The van der Waals surface area contributed by atoms with E-state index in [0.29, 0.717) is 41.5 Å². The number of likely N-dealkylation sites (tertiary alicyclic amines) is 1. The topological polar surface area (TPSA) is 79.7 Å². The highest BCUT2D eigenvalue weighted by Crippen LogP contribution is 2.31. The minimum absolute atomic E-state index is 0.0658. The first kappa shape index (κ1) is 18.3. The summed E-state index contributed by atoms with van der Waals surface area (Å²) in [7, 11) is 0. The number of benzene rings is 1. The molecule has 6 nitrogen and oxygen atoms in total. The Kier molecular flexibility index (Phi) is 5.68. The number of nitrogens with zero attached hydrogens (tertiary/aromatic N) is 2. The van der Waals surface area contributed by atoms with Gasteiger partial charge in [0, 0.05) is 19.0 Å². The fraction of sp³-hybridized carbons (Fsp3) is 0.471. The summed E-state index contributed by atoms with van der Waals surface area (Å²) in [4.78, 5) is 29.8. The Hall–Kier alpha value is -1.54. The van der Waals surface area contributed by atoms with Crippen LogP contribution in [0.5, 0.6) is 0 Å². The second-order valence-electron chi connectivity index (χ2n) is 6.08. The van der Waals surface area contributed by atoms with Crippen molar-refractivity contribution in [2.45, 2.75) is 26.0 Å². The van der Waals surface area contributed by atoms with E-state index in [1.807, 2.05) is 19.1 Å². The Morgan fingerprint density at radius 3 is 2.80 bits per heavy atom. The van der Waals surface area contributed by atoms with Crippen molar-refractivity contribution in [2.75, 3.05) is 19.7 Å². The number of ether oxygens (including phenoxy) is 1. The van der Waals surface area contributed by atoms with E-state index >= 15 is 0 Å². The van der Waals surface area contributed by atoms with E-state index in [1.54, 1.807) is 6.07 Å². The van der Waals surface area contributed by atoms with Crippen molar-refractivity contribution in [2.24, 2.45) is 5.92 Å². The van der Waals surface area contributed by atoms with Crippen LogP contribution in [0.4, 0.5) is 0 Å². The first-order chi connectivity index (χ1) is 12.0. The van der Waals surface area contributed by atoms with Crippen molar-refractivity contribution in [3.05, 3.63) is 28.2 Å².